The van der Waals surface area contributed by atoms with E-state index in [1.54, 1.807) is 0 Å². The molecule has 0 bridgehead atoms. The van der Waals surface area contributed by atoms with E-state index in [2.05, 4.69) is 35.4 Å². The number of ether oxygens (including phenoxy) is 2. The Balaban J connectivity index is 2.34. The number of nitrogens with one attached hydrogen (secondary N) is 1. The van der Waals surface area contributed by atoms with Crippen LogP contribution in [0.3, 0.4) is 0 Å². The zero-order valence-electron chi connectivity index (χ0n) is 14.9. The molecule has 0 saturated carbocycles. The quantitative estimate of drug-likeness (QED) is 0.408. The first-order valence-electron chi connectivity index (χ1n) is 8.28. The fourth-order valence-corrected chi connectivity index (χ4v) is 2.89. The third kappa shape index (κ3) is 5.52. The summed E-state index contributed by atoms with van der Waals surface area (Å²) in [4.78, 5) is 19.9. The molecule has 1 N–H and O–H groups in total. The van der Waals surface area contributed by atoms with Crippen LogP contribution < -0.4 is 5.32 Å². The molecule has 146 valence electrons. The molecule has 5 atom stereocenters. The van der Waals surface area contributed by atoms with Crippen LogP contribution in [0.5, 0.6) is 0 Å². The van der Waals surface area contributed by atoms with Gasteiger partial charge in [0.1, 0.15) is 6.04 Å². The summed E-state index contributed by atoms with van der Waals surface area (Å²) in [6, 6.07) is 6.35. The van der Waals surface area contributed by atoms with E-state index in [9.17, 15) is 4.79 Å². The van der Waals surface area contributed by atoms with Gasteiger partial charge in [0.25, 0.3) is 0 Å². The van der Waals surface area contributed by atoms with Crippen LogP contribution in [-0.4, -0.2) is 43.0 Å². The van der Waals surface area contributed by atoms with Gasteiger partial charge in [0.05, 0.1) is 31.3 Å². The second-order valence-corrected chi connectivity index (χ2v) is 5.87. The van der Waals surface area contributed by atoms with E-state index in [1.165, 1.54) is 6.92 Å². The number of carbonyl (C=O) groups excluding carboxylic acids is 1. The Hall–Kier alpha value is -3.46. The lowest BCUT2D eigenvalue weighted by atomic mass is 9.92. The van der Waals surface area contributed by atoms with Crippen LogP contribution in [0, 0.1) is 0 Å². The highest BCUT2D eigenvalue weighted by Crippen LogP contribution is 2.28. The van der Waals surface area contributed by atoms with Gasteiger partial charge in [-0.1, -0.05) is 45.7 Å². The Bertz CT molecular complexity index is 815. The summed E-state index contributed by atoms with van der Waals surface area (Å²) in [5, 5.41) is 13.4. The number of hydrogen-bond donors (Lipinski definition) is 1. The van der Waals surface area contributed by atoms with E-state index in [0.717, 1.165) is 5.56 Å². The smallest absolute Gasteiger partial charge is 0.217 e. The third-order valence-corrected chi connectivity index (χ3v) is 4.03. The SMILES string of the molecule is CC(=O)N[C@H]1[C@@H](N=[N+]=[N-])[C@@H](OCc2ccccc2)O[C@@H](CN=[N+]=[N-])[C@H]1N=[N+]=[N-]. The summed E-state index contributed by atoms with van der Waals surface area (Å²) in [6.07, 6.45) is -1.94. The van der Waals surface area contributed by atoms with Crippen molar-refractivity contribution in [2.75, 3.05) is 6.54 Å². The maximum Gasteiger partial charge on any atom is 0.217 e. The second kappa shape index (κ2) is 10.6. The van der Waals surface area contributed by atoms with E-state index in [4.69, 9.17) is 26.1 Å². The summed E-state index contributed by atoms with van der Waals surface area (Å²) in [5.74, 6) is -0.424. The van der Waals surface area contributed by atoms with Crippen molar-refractivity contribution < 1.29 is 14.3 Å². The minimum Gasteiger partial charge on any atom is -0.352 e. The Morgan fingerprint density at radius 2 is 1.82 bits per heavy atom. The number of rotatable bonds is 8. The topological polar surface area (TPSA) is 194 Å². The molecule has 0 spiro atoms. The molecule has 1 aromatic carbocycles. The first-order chi connectivity index (χ1) is 13.6. The van der Waals surface area contributed by atoms with Crippen molar-refractivity contribution in [3.63, 3.8) is 0 Å². The minimum absolute atomic E-state index is 0.149. The van der Waals surface area contributed by atoms with Crippen molar-refractivity contribution in [2.45, 2.75) is 44.1 Å². The number of azide groups is 3. The Morgan fingerprint density at radius 3 is 2.43 bits per heavy atom. The van der Waals surface area contributed by atoms with Gasteiger partial charge in [-0.2, -0.15) is 0 Å². The van der Waals surface area contributed by atoms with Gasteiger partial charge in [0.15, 0.2) is 6.29 Å². The van der Waals surface area contributed by atoms with Crippen LogP contribution in [0.2, 0.25) is 0 Å². The zero-order valence-corrected chi connectivity index (χ0v) is 14.9. The average Bonchev–Trinajstić information content (AvgIpc) is 2.69. The first kappa shape index (κ1) is 20.8. The van der Waals surface area contributed by atoms with E-state index in [0.29, 0.717) is 0 Å². The fraction of sp³-hybridized carbons (Fsp3) is 0.533. The highest BCUT2D eigenvalue weighted by atomic mass is 16.7. The summed E-state index contributed by atoms with van der Waals surface area (Å²) in [5.41, 5.74) is 27.3. The van der Waals surface area contributed by atoms with Crippen LogP contribution >= 0.6 is 0 Å². The molecule has 28 heavy (non-hydrogen) atoms. The molecule has 1 aromatic rings. The molecule has 1 amide bonds. The normalized spacial score (nSPS) is 26.1. The highest BCUT2D eigenvalue weighted by Gasteiger charge is 2.46. The molecule has 1 saturated heterocycles. The minimum atomic E-state index is -1.06. The second-order valence-electron chi connectivity index (χ2n) is 5.87. The van der Waals surface area contributed by atoms with Gasteiger partial charge in [-0.25, -0.2) is 0 Å². The molecule has 0 aliphatic carbocycles. The predicted octanol–water partition coefficient (Wildman–Crippen LogP) is 3.10. The van der Waals surface area contributed by atoms with Crippen molar-refractivity contribution in [1.29, 1.82) is 0 Å². The number of hydrogen-bond acceptors (Lipinski definition) is 6. The predicted molar refractivity (Wildman–Crippen MR) is 97.4 cm³/mol. The van der Waals surface area contributed by atoms with E-state index in [-0.39, 0.29) is 13.2 Å². The van der Waals surface area contributed by atoms with Crippen molar-refractivity contribution in [2.24, 2.45) is 15.3 Å². The number of benzene rings is 1. The van der Waals surface area contributed by atoms with E-state index < -0.39 is 36.4 Å². The number of amides is 1. The van der Waals surface area contributed by atoms with Crippen molar-refractivity contribution in [3.05, 3.63) is 67.2 Å². The molecule has 2 rings (SSSR count). The van der Waals surface area contributed by atoms with Gasteiger partial charge in [-0.3, -0.25) is 4.79 Å². The summed E-state index contributed by atoms with van der Waals surface area (Å²) in [7, 11) is 0. The number of carbonyl (C=O) groups is 1. The van der Waals surface area contributed by atoms with Crippen molar-refractivity contribution in [1.82, 2.24) is 5.32 Å². The van der Waals surface area contributed by atoms with Gasteiger partial charge in [-0.05, 0) is 22.2 Å². The molecular weight excluding hydrogens is 368 g/mol. The Labute approximate surface area is 159 Å². The Morgan fingerprint density at radius 1 is 1.14 bits per heavy atom. The molecule has 1 fully saturated rings. The summed E-state index contributed by atoms with van der Waals surface area (Å²) in [6.45, 7) is 1.26. The van der Waals surface area contributed by atoms with Crippen LogP contribution in [-0.2, 0) is 20.9 Å². The van der Waals surface area contributed by atoms with Crippen LogP contribution in [0.1, 0.15) is 12.5 Å². The lowest BCUT2D eigenvalue weighted by Gasteiger charge is -2.43. The average molecular weight is 386 g/mol. The molecule has 0 unspecified atom stereocenters. The molecule has 0 radical (unpaired) electrons. The van der Waals surface area contributed by atoms with Gasteiger partial charge < -0.3 is 14.8 Å². The standard InChI is InChI=1S/C15H18N10O3/c1-9(26)20-13-12(21-24-17)11(7-19-23-16)28-15(14(13)22-25-18)27-8-10-5-3-2-4-6-10/h2-6,11-15H,7-8H2,1H3,(H,20,26)/t11-,12+,13+,14+,15-/m0/s1. The monoisotopic (exact) mass is 386 g/mol. The third-order valence-electron chi connectivity index (χ3n) is 4.03. The molecule has 13 nitrogen and oxygen atoms in total. The molecule has 0 aromatic heterocycles. The summed E-state index contributed by atoms with van der Waals surface area (Å²) < 4.78 is 11.6. The van der Waals surface area contributed by atoms with Gasteiger partial charge in [0, 0.05) is 21.7 Å². The van der Waals surface area contributed by atoms with Gasteiger partial charge >= 0.3 is 0 Å². The molecule has 1 aliphatic rings. The zero-order chi connectivity index (χ0) is 20.4. The fourth-order valence-electron chi connectivity index (χ4n) is 2.89. The van der Waals surface area contributed by atoms with Crippen LogP contribution in [0.15, 0.2) is 45.7 Å². The highest BCUT2D eigenvalue weighted by molar-refractivity contribution is 5.73. The van der Waals surface area contributed by atoms with Crippen molar-refractivity contribution in [3.8, 4) is 0 Å². The largest absolute Gasteiger partial charge is 0.352 e. The first-order valence-corrected chi connectivity index (χ1v) is 8.28. The van der Waals surface area contributed by atoms with E-state index in [1.807, 2.05) is 30.3 Å². The molecule has 1 aliphatic heterocycles. The molecule has 1 heterocycles. The molecule has 13 heteroatoms. The van der Waals surface area contributed by atoms with E-state index >= 15 is 0 Å². The van der Waals surface area contributed by atoms with Crippen molar-refractivity contribution >= 4 is 5.91 Å². The van der Waals surface area contributed by atoms with Gasteiger partial charge in [-0.15, -0.1) is 0 Å². The molecular formula is C15H18N10O3. The number of nitrogens with zero attached hydrogens (tertiary/aromatic N) is 9. The Kier molecular flexibility index (Phi) is 7.92. The maximum absolute atomic E-state index is 11.7. The van der Waals surface area contributed by atoms with Crippen LogP contribution in [0.25, 0.3) is 31.3 Å². The lowest BCUT2D eigenvalue weighted by Crippen LogP contribution is -2.63. The lowest BCUT2D eigenvalue weighted by molar-refractivity contribution is -0.216. The maximum atomic E-state index is 11.7. The van der Waals surface area contributed by atoms with Gasteiger partial charge in [0.2, 0.25) is 5.91 Å². The summed E-state index contributed by atoms with van der Waals surface area (Å²) >= 11 is 0. The van der Waals surface area contributed by atoms with Crippen LogP contribution in [0.4, 0.5) is 0 Å².